The Morgan fingerprint density at radius 2 is 2.11 bits per heavy atom. The van der Waals surface area contributed by atoms with Gasteiger partial charge in [-0.25, -0.2) is 9.97 Å². The molecule has 0 N–H and O–H groups in total. The van der Waals surface area contributed by atoms with E-state index in [0.717, 1.165) is 35.9 Å². The van der Waals surface area contributed by atoms with Gasteiger partial charge in [0.2, 0.25) is 0 Å². The number of hydrogen-bond donors (Lipinski definition) is 0. The maximum Gasteiger partial charge on any atom is 0.134 e. The van der Waals surface area contributed by atoms with Crippen LogP contribution >= 0.6 is 15.9 Å². The zero-order valence-electron chi connectivity index (χ0n) is 11.4. The Morgan fingerprint density at radius 3 is 2.72 bits per heavy atom. The number of rotatable bonds is 2. The number of anilines is 1. The first-order valence-electron chi connectivity index (χ1n) is 6.31. The lowest BCUT2D eigenvalue weighted by molar-refractivity contribution is -0.0279. The van der Waals surface area contributed by atoms with E-state index in [4.69, 9.17) is 4.74 Å². The average molecular weight is 314 g/mol. The number of halogens is 1. The van der Waals surface area contributed by atoms with Gasteiger partial charge in [-0.05, 0) is 29.8 Å². The highest BCUT2D eigenvalue weighted by Crippen LogP contribution is 2.25. The van der Waals surface area contributed by atoms with Gasteiger partial charge in [0.15, 0.2) is 0 Å². The molecule has 0 saturated carbocycles. The average Bonchev–Trinajstić information content (AvgIpc) is 2.26. The van der Waals surface area contributed by atoms with Crippen LogP contribution in [0.15, 0.2) is 10.7 Å². The van der Waals surface area contributed by atoms with Gasteiger partial charge in [-0.1, -0.05) is 13.8 Å². The second kappa shape index (κ2) is 5.13. The molecule has 4 nitrogen and oxygen atoms in total. The van der Waals surface area contributed by atoms with Gasteiger partial charge in [0.25, 0.3) is 0 Å². The van der Waals surface area contributed by atoms with Gasteiger partial charge in [-0.2, -0.15) is 0 Å². The molecule has 0 radical (unpaired) electrons. The van der Waals surface area contributed by atoms with E-state index >= 15 is 0 Å². The van der Waals surface area contributed by atoms with Crippen LogP contribution in [-0.4, -0.2) is 35.3 Å². The van der Waals surface area contributed by atoms with Crippen LogP contribution in [0.3, 0.4) is 0 Å². The summed E-state index contributed by atoms with van der Waals surface area (Å²) in [5, 5.41) is 0. The van der Waals surface area contributed by atoms with Crippen LogP contribution in [0.25, 0.3) is 0 Å². The van der Waals surface area contributed by atoms with Gasteiger partial charge in [0.05, 0.1) is 12.2 Å². The fourth-order valence-electron chi connectivity index (χ4n) is 2.06. The third-order valence-corrected chi connectivity index (χ3v) is 3.37. The number of morpholine rings is 1. The number of hydrogen-bond acceptors (Lipinski definition) is 4. The normalized spacial score (nSPS) is 19.3. The quantitative estimate of drug-likeness (QED) is 0.787. The third-order valence-electron chi connectivity index (χ3n) is 2.96. The zero-order valence-corrected chi connectivity index (χ0v) is 13.0. The topological polar surface area (TPSA) is 38.2 Å². The molecule has 5 heteroatoms. The van der Waals surface area contributed by atoms with Gasteiger partial charge in [-0.15, -0.1) is 0 Å². The molecule has 1 aromatic rings. The minimum atomic E-state index is -0.117. The molecular weight excluding hydrogens is 294 g/mol. The summed E-state index contributed by atoms with van der Waals surface area (Å²) in [7, 11) is 0. The Labute approximate surface area is 117 Å². The first-order valence-corrected chi connectivity index (χ1v) is 7.10. The summed E-state index contributed by atoms with van der Waals surface area (Å²) in [5.41, 5.74) is -0.117. The van der Waals surface area contributed by atoms with Crippen molar-refractivity contribution in [2.24, 2.45) is 0 Å². The number of nitrogens with zero attached hydrogens (tertiary/aromatic N) is 3. The monoisotopic (exact) mass is 313 g/mol. The molecule has 0 aromatic carbocycles. The highest BCUT2D eigenvalue weighted by molar-refractivity contribution is 9.10. The summed E-state index contributed by atoms with van der Waals surface area (Å²) in [6.45, 7) is 10.9. The van der Waals surface area contributed by atoms with Crippen molar-refractivity contribution in [1.82, 2.24) is 9.97 Å². The minimum Gasteiger partial charge on any atom is -0.372 e. The molecule has 0 amide bonds. The molecular formula is C13H20BrN3O. The predicted octanol–water partition coefficient (Wildman–Crippen LogP) is 2.98. The summed E-state index contributed by atoms with van der Waals surface area (Å²) in [6.07, 6.45) is 0. The molecule has 100 valence electrons. The number of aromatic nitrogens is 2. The van der Waals surface area contributed by atoms with Crippen LogP contribution in [0.5, 0.6) is 0 Å². The molecule has 1 aliphatic rings. The lowest BCUT2D eigenvalue weighted by atomic mass is 10.1. The highest BCUT2D eigenvalue weighted by Gasteiger charge is 2.28. The summed E-state index contributed by atoms with van der Waals surface area (Å²) in [6, 6.07) is 1.98. The molecule has 2 rings (SSSR count). The lowest BCUT2D eigenvalue weighted by Gasteiger charge is -2.38. The van der Waals surface area contributed by atoms with Crippen molar-refractivity contribution in [2.45, 2.75) is 39.2 Å². The van der Waals surface area contributed by atoms with Crippen molar-refractivity contribution in [3.05, 3.63) is 16.5 Å². The van der Waals surface area contributed by atoms with E-state index in [2.05, 4.69) is 58.5 Å². The van der Waals surface area contributed by atoms with Crippen molar-refractivity contribution in [1.29, 1.82) is 0 Å². The second-order valence-corrected chi connectivity index (χ2v) is 6.40. The fraction of sp³-hybridized carbons (Fsp3) is 0.692. The van der Waals surface area contributed by atoms with Gasteiger partial charge in [-0.3, -0.25) is 0 Å². The Bertz CT molecular complexity index is 434. The van der Waals surface area contributed by atoms with Crippen molar-refractivity contribution in [3.8, 4) is 0 Å². The first-order chi connectivity index (χ1) is 8.37. The first kappa shape index (κ1) is 13.7. The van der Waals surface area contributed by atoms with Crippen molar-refractivity contribution >= 4 is 21.7 Å². The van der Waals surface area contributed by atoms with Crippen LogP contribution in [-0.2, 0) is 4.74 Å². The van der Waals surface area contributed by atoms with Crippen molar-refractivity contribution in [2.75, 3.05) is 24.6 Å². The summed E-state index contributed by atoms with van der Waals surface area (Å²) in [4.78, 5) is 11.3. The smallest absolute Gasteiger partial charge is 0.134 e. The molecule has 0 spiro atoms. The Hall–Kier alpha value is -0.680. The summed E-state index contributed by atoms with van der Waals surface area (Å²) in [5.74, 6) is 2.19. The Balaban J connectivity index is 2.27. The Morgan fingerprint density at radius 1 is 1.39 bits per heavy atom. The molecule has 1 fully saturated rings. The van der Waals surface area contributed by atoms with Gasteiger partial charge in [0, 0.05) is 25.1 Å². The van der Waals surface area contributed by atoms with Crippen LogP contribution in [0, 0.1) is 0 Å². The largest absolute Gasteiger partial charge is 0.372 e. The molecule has 0 bridgehead atoms. The molecule has 0 aliphatic carbocycles. The molecule has 1 aromatic heterocycles. The highest BCUT2D eigenvalue weighted by atomic mass is 79.9. The molecule has 18 heavy (non-hydrogen) atoms. The minimum absolute atomic E-state index is 0.117. The van der Waals surface area contributed by atoms with Crippen molar-refractivity contribution in [3.63, 3.8) is 0 Å². The fourth-order valence-corrected chi connectivity index (χ4v) is 2.44. The maximum atomic E-state index is 5.73. The van der Waals surface area contributed by atoms with Crippen LogP contribution in [0.2, 0.25) is 0 Å². The molecule has 0 atom stereocenters. The third kappa shape index (κ3) is 3.20. The van der Waals surface area contributed by atoms with Gasteiger partial charge < -0.3 is 9.64 Å². The Kier molecular flexibility index (Phi) is 3.92. The molecule has 1 aliphatic heterocycles. The van der Waals surface area contributed by atoms with Crippen LogP contribution in [0.4, 0.5) is 5.82 Å². The number of ether oxygens (including phenoxy) is 1. The predicted molar refractivity (Wildman–Crippen MR) is 76.1 cm³/mol. The molecule has 1 saturated heterocycles. The van der Waals surface area contributed by atoms with Gasteiger partial charge >= 0.3 is 0 Å². The molecule has 2 heterocycles. The maximum absolute atomic E-state index is 5.73. The SMILES string of the molecule is CC(C)c1nc(Br)cc(N2CCOC(C)(C)C2)n1. The summed E-state index contributed by atoms with van der Waals surface area (Å²) >= 11 is 3.47. The van der Waals surface area contributed by atoms with E-state index < -0.39 is 0 Å². The van der Waals surface area contributed by atoms with E-state index in [-0.39, 0.29) is 5.60 Å². The van der Waals surface area contributed by atoms with Crippen molar-refractivity contribution < 1.29 is 4.74 Å². The molecule has 0 unspecified atom stereocenters. The summed E-state index contributed by atoms with van der Waals surface area (Å²) < 4.78 is 6.58. The van der Waals surface area contributed by atoms with E-state index in [1.54, 1.807) is 0 Å². The van der Waals surface area contributed by atoms with Crippen LogP contribution in [0.1, 0.15) is 39.4 Å². The second-order valence-electron chi connectivity index (χ2n) is 5.59. The van der Waals surface area contributed by atoms with E-state index in [0.29, 0.717) is 5.92 Å². The van der Waals surface area contributed by atoms with E-state index in [1.165, 1.54) is 0 Å². The van der Waals surface area contributed by atoms with Gasteiger partial charge in [0.1, 0.15) is 16.2 Å². The standard InChI is InChI=1S/C13H20BrN3O/c1-9(2)12-15-10(14)7-11(16-12)17-5-6-18-13(3,4)8-17/h7,9H,5-6,8H2,1-4H3. The zero-order chi connectivity index (χ0) is 13.3. The van der Waals surface area contributed by atoms with E-state index in [1.807, 2.05) is 6.07 Å². The van der Waals surface area contributed by atoms with E-state index in [9.17, 15) is 0 Å². The van der Waals surface area contributed by atoms with Crippen LogP contribution < -0.4 is 4.90 Å². The lowest BCUT2D eigenvalue weighted by Crippen LogP contribution is -2.48.